The van der Waals surface area contributed by atoms with Crippen LogP contribution >= 0.6 is 15.9 Å². The Kier molecular flexibility index (Phi) is 4.24. The molecule has 0 aliphatic rings. The van der Waals surface area contributed by atoms with E-state index in [1.165, 1.54) is 6.07 Å². The van der Waals surface area contributed by atoms with Crippen LogP contribution in [0.2, 0.25) is 0 Å². The molecule has 0 fully saturated rings. The summed E-state index contributed by atoms with van der Waals surface area (Å²) < 4.78 is 15.9. The van der Waals surface area contributed by atoms with Gasteiger partial charge in [-0.05, 0) is 46.5 Å². The first-order chi connectivity index (χ1) is 8.99. The summed E-state index contributed by atoms with van der Waals surface area (Å²) in [5.74, 6) is 1.06. The number of hydrogen-bond acceptors (Lipinski definition) is 2. The SMILES string of the molecule is Cc1cc(F)c(Br)cc1-n1ccnc1NCC(C)C. The zero-order valence-corrected chi connectivity index (χ0v) is 12.8. The van der Waals surface area contributed by atoms with Gasteiger partial charge in [0.25, 0.3) is 0 Å². The van der Waals surface area contributed by atoms with Gasteiger partial charge in [0, 0.05) is 18.9 Å². The van der Waals surface area contributed by atoms with E-state index in [1.807, 2.05) is 17.7 Å². The molecule has 0 saturated carbocycles. The highest BCUT2D eigenvalue weighted by atomic mass is 79.9. The molecule has 0 saturated heterocycles. The third-order valence-electron chi connectivity index (χ3n) is 2.81. The maximum Gasteiger partial charge on any atom is 0.207 e. The molecule has 0 spiro atoms. The first-order valence-corrected chi connectivity index (χ1v) is 7.01. The summed E-state index contributed by atoms with van der Waals surface area (Å²) in [4.78, 5) is 4.30. The van der Waals surface area contributed by atoms with Gasteiger partial charge in [-0.1, -0.05) is 13.8 Å². The predicted molar refractivity (Wildman–Crippen MR) is 79.3 cm³/mol. The Balaban J connectivity index is 2.37. The number of nitrogens with one attached hydrogen (secondary N) is 1. The van der Waals surface area contributed by atoms with Gasteiger partial charge in [-0.25, -0.2) is 9.37 Å². The molecule has 0 aliphatic carbocycles. The lowest BCUT2D eigenvalue weighted by atomic mass is 10.2. The van der Waals surface area contributed by atoms with E-state index in [9.17, 15) is 4.39 Å². The lowest BCUT2D eigenvalue weighted by molar-refractivity contribution is 0.619. The minimum Gasteiger partial charge on any atom is -0.355 e. The summed E-state index contributed by atoms with van der Waals surface area (Å²) in [5, 5.41) is 3.30. The Hall–Kier alpha value is -1.36. The van der Waals surface area contributed by atoms with Crippen LogP contribution in [-0.4, -0.2) is 16.1 Å². The van der Waals surface area contributed by atoms with Gasteiger partial charge < -0.3 is 5.32 Å². The van der Waals surface area contributed by atoms with Gasteiger partial charge in [0.05, 0.1) is 10.2 Å². The number of hydrogen-bond donors (Lipinski definition) is 1. The summed E-state index contributed by atoms with van der Waals surface area (Å²) >= 11 is 3.22. The van der Waals surface area contributed by atoms with E-state index >= 15 is 0 Å². The number of aryl methyl sites for hydroxylation is 1. The van der Waals surface area contributed by atoms with Gasteiger partial charge in [-0.15, -0.1) is 0 Å². The van der Waals surface area contributed by atoms with E-state index in [4.69, 9.17) is 0 Å². The Morgan fingerprint density at radius 3 is 2.84 bits per heavy atom. The third kappa shape index (κ3) is 3.15. The fraction of sp³-hybridized carbons (Fsp3) is 0.357. The Bertz CT molecular complexity index is 578. The van der Waals surface area contributed by atoms with Crippen molar-refractivity contribution >= 4 is 21.9 Å². The second-order valence-electron chi connectivity index (χ2n) is 4.95. The molecule has 1 aromatic heterocycles. The fourth-order valence-electron chi connectivity index (χ4n) is 1.82. The lowest BCUT2D eigenvalue weighted by Gasteiger charge is -2.14. The van der Waals surface area contributed by atoms with Gasteiger partial charge in [-0.3, -0.25) is 4.57 Å². The number of rotatable bonds is 4. The lowest BCUT2D eigenvalue weighted by Crippen LogP contribution is -2.12. The highest BCUT2D eigenvalue weighted by Crippen LogP contribution is 2.25. The second kappa shape index (κ2) is 5.74. The largest absolute Gasteiger partial charge is 0.355 e. The van der Waals surface area contributed by atoms with Crippen molar-refractivity contribution in [1.82, 2.24) is 9.55 Å². The van der Waals surface area contributed by atoms with Crippen molar-refractivity contribution in [1.29, 1.82) is 0 Å². The molecule has 1 N–H and O–H groups in total. The Morgan fingerprint density at radius 2 is 2.16 bits per heavy atom. The molecule has 0 aliphatic heterocycles. The van der Waals surface area contributed by atoms with Crippen molar-refractivity contribution in [3.63, 3.8) is 0 Å². The van der Waals surface area contributed by atoms with E-state index in [0.717, 1.165) is 23.7 Å². The number of benzene rings is 1. The molecule has 1 heterocycles. The smallest absolute Gasteiger partial charge is 0.207 e. The standard InChI is InChI=1S/C14H17BrFN3/c1-9(2)8-18-14-17-4-5-19(14)13-7-11(15)12(16)6-10(13)3/h4-7,9H,8H2,1-3H3,(H,17,18). The molecule has 0 atom stereocenters. The average molecular weight is 326 g/mol. The van der Waals surface area contributed by atoms with Crippen LogP contribution in [0.15, 0.2) is 29.0 Å². The Labute approximate surface area is 121 Å². The molecular weight excluding hydrogens is 309 g/mol. The molecule has 2 aromatic rings. The molecule has 102 valence electrons. The van der Waals surface area contributed by atoms with Crippen molar-refractivity contribution in [3.05, 3.63) is 40.4 Å². The zero-order chi connectivity index (χ0) is 14.0. The van der Waals surface area contributed by atoms with Crippen LogP contribution in [0.1, 0.15) is 19.4 Å². The van der Waals surface area contributed by atoms with Crippen LogP contribution in [0.4, 0.5) is 10.3 Å². The van der Waals surface area contributed by atoms with E-state index < -0.39 is 0 Å². The van der Waals surface area contributed by atoms with Crippen LogP contribution in [-0.2, 0) is 0 Å². The summed E-state index contributed by atoms with van der Waals surface area (Å²) in [6.45, 7) is 7.01. The molecule has 2 rings (SSSR count). The van der Waals surface area contributed by atoms with Crippen LogP contribution in [0.5, 0.6) is 0 Å². The molecule has 3 nitrogen and oxygen atoms in total. The highest BCUT2D eigenvalue weighted by Gasteiger charge is 2.10. The predicted octanol–water partition coefficient (Wildman–Crippen LogP) is 4.15. The number of anilines is 1. The van der Waals surface area contributed by atoms with E-state index in [-0.39, 0.29) is 5.82 Å². The maximum atomic E-state index is 13.5. The minimum absolute atomic E-state index is 0.252. The monoisotopic (exact) mass is 325 g/mol. The van der Waals surface area contributed by atoms with Gasteiger partial charge in [-0.2, -0.15) is 0 Å². The topological polar surface area (TPSA) is 29.9 Å². The van der Waals surface area contributed by atoms with Crippen molar-refractivity contribution in [2.45, 2.75) is 20.8 Å². The van der Waals surface area contributed by atoms with Crippen LogP contribution < -0.4 is 5.32 Å². The molecule has 0 unspecified atom stereocenters. The molecule has 0 amide bonds. The van der Waals surface area contributed by atoms with E-state index in [1.54, 1.807) is 12.3 Å². The van der Waals surface area contributed by atoms with E-state index in [0.29, 0.717) is 10.4 Å². The van der Waals surface area contributed by atoms with Crippen molar-refractivity contribution in [3.8, 4) is 5.69 Å². The van der Waals surface area contributed by atoms with Crippen LogP contribution in [0.25, 0.3) is 5.69 Å². The first kappa shape index (κ1) is 14.1. The summed E-state index contributed by atoms with van der Waals surface area (Å²) in [7, 11) is 0. The number of halogens is 2. The average Bonchev–Trinajstić information content (AvgIpc) is 2.79. The van der Waals surface area contributed by atoms with Crippen LogP contribution in [0.3, 0.4) is 0 Å². The molecular formula is C14H17BrFN3. The molecule has 5 heteroatoms. The second-order valence-corrected chi connectivity index (χ2v) is 5.80. The first-order valence-electron chi connectivity index (χ1n) is 6.22. The van der Waals surface area contributed by atoms with Crippen molar-refractivity contribution < 1.29 is 4.39 Å². The van der Waals surface area contributed by atoms with Crippen LogP contribution in [0, 0.1) is 18.7 Å². The summed E-state index contributed by atoms with van der Waals surface area (Å²) in [6.07, 6.45) is 3.61. The van der Waals surface area contributed by atoms with Crippen molar-refractivity contribution in [2.75, 3.05) is 11.9 Å². The zero-order valence-electron chi connectivity index (χ0n) is 11.2. The molecule has 1 aromatic carbocycles. The maximum absolute atomic E-state index is 13.5. The molecule has 19 heavy (non-hydrogen) atoms. The van der Waals surface area contributed by atoms with Gasteiger partial charge in [0.2, 0.25) is 5.95 Å². The minimum atomic E-state index is -0.252. The third-order valence-corrected chi connectivity index (χ3v) is 3.42. The normalized spacial score (nSPS) is 11.1. The van der Waals surface area contributed by atoms with Gasteiger partial charge in [0.1, 0.15) is 5.82 Å². The number of nitrogens with zero attached hydrogens (tertiary/aromatic N) is 2. The van der Waals surface area contributed by atoms with Gasteiger partial charge >= 0.3 is 0 Å². The van der Waals surface area contributed by atoms with Gasteiger partial charge in [0.15, 0.2) is 0 Å². The Morgan fingerprint density at radius 1 is 1.42 bits per heavy atom. The summed E-state index contributed by atoms with van der Waals surface area (Å²) in [5.41, 5.74) is 1.78. The summed E-state index contributed by atoms with van der Waals surface area (Å²) in [6, 6.07) is 3.29. The molecule has 0 bridgehead atoms. The van der Waals surface area contributed by atoms with Crippen molar-refractivity contribution in [2.24, 2.45) is 5.92 Å². The highest BCUT2D eigenvalue weighted by molar-refractivity contribution is 9.10. The fourth-order valence-corrected chi connectivity index (χ4v) is 2.15. The number of aromatic nitrogens is 2. The molecule has 0 radical (unpaired) electrons. The number of imidazole rings is 1. The quantitative estimate of drug-likeness (QED) is 0.915. The van der Waals surface area contributed by atoms with E-state index in [2.05, 4.69) is 40.1 Å².